The predicted molar refractivity (Wildman–Crippen MR) is 111 cm³/mol. The van der Waals surface area contributed by atoms with Gasteiger partial charge in [-0.2, -0.15) is 0 Å². The summed E-state index contributed by atoms with van der Waals surface area (Å²) in [6.07, 6.45) is 6.10. The Hall–Kier alpha value is -3.55. The molecule has 3 aromatic heterocycles. The third-order valence-corrected chi connectivity index (χ3v) is 5.74. The smallest absolute Gasteiger partial charge is 0.272 e. The Morgan fingerprint density at radius 1 is 1.13 bits per heavy atom. The van der Waals surface area contributed by atoms with Crippen molar-refractivity contribution in [1.29, 1.82) is 0 Å². The van der Waals surface area contributed by atoms with Gasteiger partial charge in [0.2, 0.25) is 5.95 Å². The van der Waals surface area contributed by atoms with Crippen molar-refractivity contribution >= 4 is 28.4 Å². The van der Waals surface area contributed by atoms with Crippen molar-refractivity contribution in [2.75, 3.05) is 18.8 Å². The molecule has 0 bridgehead atoms. The fourth-order valence-electron chi connectivity index (χ4n) is 4.16. The number of imidazole rings is 1. The summed E-state index contributed by atoms with van der Waals surface area (Å²) >= 11 is 0. The van der Waals surface area contributed by atoms with Crippen molar-refractivity contribution in [3.8, 4) is 0 Å². The monoisotopic (exact) mass is 404 g/mol. The SMILES string of the molecule is Nc1nc2c(F)cccc2c2nc(CC3CCN(C(=O)c4ccccn4)CC3)cn12. The first-order valence-corrected chi connectivity index (χ1v) is 10.0. The van der Waals surface area contributed by atoms with Gasteiger partial charge in [0, 0.05) is 30.9 Å². The number of rotatable bonds is 3. The number of benzene rings is 1. The lowest BCUT2D eigenvalue weighted by Gasteiger charge is -2.31. The maximum Gasteiger partial charge on any atom is 0.272 e. The minimum Gasteiger partial charge on any atom is -0.369 e. The fourth-order valence-corrected chi connectivity index (χ4v) is 4.16. The molecule has 0 saturated carbocycles. The third kappa shape index (κ3) is 3.24. The van der Waals surface area contributed by atoms with Crippen molar-refractivity contribution in [3.63, 3.8) is 0 Å². The van der Waals surface area contributed by atoms with Gasteiger partial charge in [-0.1, -0.05) is 12.1 Å². The van der Waals surface area contributed by atoms with E-state index in [-0.39, 0.29) is 17.4 Å². The molecule has 0 atom stereocenters. The summed E-state index contributed by atoms with van der Waals surface area (Å²) in [6.45, 7) is 1.40. The van der Waals surface area contributed by atoms with Gasteiger partial charge in [-0.05, 0) is 49.4 Å². The summed E-state index contributed by atoms with van der Waals surface area (Å²) in [5.74, 6) is 0.210. The molecule has 7 nitrogen and oxygen atoms in total. The molecule has 4 aromatic rings. The number of halogens is 1. The van der Waals surface area contributed by atoms with E-state index in [1.165, 1.54) is 6.07 Å². The number of piperidine rings is 1. The molecule has 2 N–H and O–H groups in total. The van der Waals surface area contributed by atoms with E-state index in [2.05, 4.69) is 9.97 Å². The zero-order valence-corrected chi connectivity index (χ0v) is 16.3. The van der Waals surface area contributed by atoms with Crippen LogP contribution in [0.25, 0.3) is 16.6 Å². The zero-order valence-electron chi connectivity index (χ0n) is 16.3. The molecular weight excluding hydrogens is 383 g/mol. The van der Waals surface area contributed by atoms with Crippen molar-refractivity contribution in [1.82, 2.24) is 24.3 Å². The molecule has 4 heterocycles. The average Bonchev–Trinajstić information content (AvgIpc) is 3.20. The topological polar surface area (TPSA) is 89.4 Å². The summed E-state index contributed by atoms with van der Waals surface area (Å²) in [5, 5.41) is 0.645. The minimum atomic E-state index is -0.406. The van der Waals surface area contributed by atoms with Gasteiger partial charge in [-0.15, -0.1) is 0 Å². The number of nitrogens with two attached hydrogens (primary N) is 1. The van der Waals surface area contributed by atoms with E-state index >= 15 is 0 Å². The van der Waals surface area contributed by atoms with E-state index < -0.39 is 5.82 Å². The van der Waals surface area contributed by atoms with Crippen molar-refractivity contribution in [2.45, 2.75) is 19.3 Å². The molecular formula is C22H21FN6O. The highest BCUT2D eigenvalue weighted by atomic mass is 19.1. The molecule has 0 unspecified atom stereocenters. The number of para-hydroxylation sites is 1. The number of fused-ring (bicyclic) bond motifs is 3. The van der Waals surface area contributed by atoms with Crippen LogP contribution in [0.1, 0.15) is 29.0 Å². The Balaban J connectivity index is 1.32. The summed E-state index contributed by atoms with van der Waals surface area (Å²) in [6, 6.07) is 10.2. The van der Waals surface area contributed by atoms with Gasteiger partial charge in [-0.25, -0.2) is 14.4 Å². The summed E-state index contributed by atoms with van der Waals surface area (Å²) in [4.78, 5) is 27.5. The Morgan fingerprint density at radius 3 is 2.73 bits per heavy atom. The van der Waals surface area contributed by atoms with E-state index in [1.807, 2.05) is 17.2 Å². The Bertz CT molecular complexity index is 1230. The number of aromatic nitrogens is 4. The standard InChI is InChI=1S/C22H21FN6O/c23-17-5-3-4-16-19(17)27-22(24)29-13-15(26-20(16)29)12-14-7-10-28(11-8-14)21(30)18-6-1-2-9-25-18/h1-6,9,13-14H,7-8,10-12H2,(H2,24,27). The van der Waals surface area contributed by atoms with Gasteiger partial charge in [0.15, 0.2) is 0 Å². The van der Waals surface area contributed by atoms with Gasteiger partial charge in [0.05, 0.1) is 5.69 Å². The van der Waals surface area contributed by atoms with Crippen LogP contribution in [-0.2, 0) is 6.42 Å². The van der Waals surface area contributed by atoms with Gasteiger partial charge >= 0.3 is 0 Å². The molecule has 1 aliphatic rings. The first kappa shape index (κ1) is 18.5. The summed E-state index contributed by atoms with van der Waals surface area (Å²) in [7, 11) is 0. The minimum absolute atomic E-state index is 0.0193. The third-order valence-electron chi connectivity index (χ3n) is 5.74. The Labute approximate surface area is 172 Å². The quantitative estimate of drug-likeness (QED) is 0.567. The number of carbonyl (C=O) groups excluding carboxylic acids is 1. The predicted octanol–water partition coefficient (Wildman–Crippen LogP) is 3.09. The molecule has 1 amide bonds. The molecule has 0 spiro atoms. The normalized spacial score (nSPS) is 15.2. The van der Waals surface area contributed by atoms with E-state index in [4.69, 9.17) is 10.7 Å². The lowest BCUT2D eigenvalue weighted by molar-refractivity contribution is 0.0684. The second-order valence-corrected chi connectivity index (χ2v) is 7.69. The first-order valence-electron chi connectivity index (χ1n) is 10.0. The zero-order chi connectivity index (χ0) is 20.7. The molecule has 8 heteroatoms. The summed E-state index contributed by atoms with van der Waals surface area (Å²) < 4.78 is 15.8. The molecule has 30 heavy (non-hydrogen) atoms. The Kier molecular flexibility index (Phi) is 4.54. The summed E-state index contributed by atoms with van der Waals surface area (Å²) in [5.41, 5.74) is 8.28. The van der Waals surface area contributed by atoms with Gasteiger partial charge in [0.25, 0.3) is 5.91 Å². The highest BCUT2D eigenvalue weighted by Crippen LogP contribution is 2.26. The van der Waals surface area contributed by atoms with E-state index in [1.54, 1.807) is 34.9 Å². The number of nitrogen functional groups attached to an aromatic ring is 1. The highest BCUT2D eigenvalue weighted by molar-refractivity contribution is 5.93. The fraction of sp³-hybridized carbons (Fsp3) is 0.273. The number of hydrogen-bond acceptors (Lipinski definition) is 5. The van der Waals surface area contributed by atoms with Crippen LogP contribution in [0.3, 0.4) is 0 Å². The first-order chi connectivity index (χ1) is 14.6. The molecule has 152 valence electrons. The van der Waals surface area contributed by atoms with Crippen molar-refractivity contribution in [2.24, 2.45) is 5.92 Å². The number of amides is 1. The van der Waals surface area contributed by atoms with Crippen molar-refractivity contribution in [3.05, 3.63) is 66.0 Å². The number of carbonyl (C=O) groups is 1. The van der Waals surface area contributed by atoms with Gasteiger partial charge < -0.3 is 10.6 Å². The number of pyridine rings is 1. The highest BCUT2D eigenvalue weighted by Gasteiger charge is 2.25. The average molecular weight is 404 g/mol. The molecule has 1 saturated heterocycles. The largest absolute Gasteiger partial charge is 0.369 e. The molecule has 1 aromatic carbocycles. The molecule has 0 aliphatic carbocycles. The second kappa shape index (κ2) is 7.37. The van der Waals surface area contributed by atoms with E-state index in [0.29, 0.717) is 35.7 Å². The van der Waals surface area contributed by atoms with Crippen LogP contribution in [0.5, 0.6) is 0 Å². The van der Waals surface area contributed by atoms with Crippen LogP contribution in [-0.4, -0.2) is 43.2 Å². The molecule has 1 fully saturated rings. The lowest BCUT2D eigenvalue weighted by Crippen LogP contribution is -2.39. The van der Waals surface area contributed by atoms with Crippen LogP contribution in [0.4, 0.5) is 10.3 Å². The van der Waals surface area contributed by atoms with E-state index in [0.717, 1.165) is 25.0 Å². The van der Waals surface area contributed by atoms with Gasteiger partial charge in [0.1, 0.15) is 22.7 Å². The molecule has 1 aliphatic heterocycles. The maximum absolute atomic E-state index is 14.1. The lowest BCUT2D eigenvalue weighted by atomic mass is 9.92. The second-order valence-electron chi connectivity index (χ2n) is 7.69. The van der Waals surface area contributed by atoms with Gasteiger partial charge in [-0.3, -0.25) is 14.2 Å². The van der Waals surface area contributed by atoms with Crippen LogP contribution in [0.2, 0.25) is 0 Å². The Morgan fingerprint density at radius 2 is 1.97 bits per heavy atom. The van der Waals surface area contributed by atoms with E-state index in [9.17, 15) is 9.18 Å². The van der Waals surface area contributed by atoms with Crippen LogP contribution in [0.15, 0.2) is 48.8 Å². The number of nitrogens with zero attached hydrogens (tertiary/aromatic N) is 5. The van der Waals surface area contributed by atoms with Crippen LogP contribution >= 0.6 is 0 Å². The number of anilines is 1. The number of hydrogen-bond donors (Lipinski definition) is 1. The number of likely N-dealkylation sites (tertiary alicyclic amines) is 1. The van der Waals surface area contributed by atoms with Crippen molar-refractivity contribution < 1.29 is 9.18 Å². The maximum atomic E-state index is 14.1. The molecule has 0 radical (unpaired) electrons. The van der Waals surface area contributed by atoms with Crippen LogP contribution < -0.4 is 5.73 Å². The molecule has 5 rings (SSSR count). The van der Waals surface area contributed by atoms with Crippen LogP contribution in [0, 0.1) is 11.7 Å².